The van der Waals surface area contributed by atoms with E-state index in [0.29, 0.717) is 15.7 Å². The van der Waals surface area contributed by atoms with E-state index in [4.69, 9.17) is 0 Å². The Morgan fingerprint density at radius 2 is 1.88 bits per heavy atom. The third-order valence-electron chi connectivity index (χ3n) is 2.20. The molecule has 16 heavy (non-hydrogen) atoms. The summed E-state index contributed by atoms with van der Waals surface area (Å²) in [5, 5.41) is 0.118. The van der Waals surface area contributed by atoms with Gasteiger partial charge in [0.2, 0.25) is 0 Å². The Kier molecular flexibility index (Phi) is 2.66. The smallest absolute Gasteiger partial charge is 0.253 e. The molecule has 0 saturated carbocycles. The molecule has 0 aliphatic rings. The van der Waals surface area contributed by atoms with Gasteiger partial charge in [0.15, 0.2) is 0 Å². The molecule has 1 aromatic heterocycles. The summed E-state index contributed by atoms with van der Waals surface area (Å²) in [6.45, 7) is 1.55. The molecule has 0 N–H and O–H groups in total. The predicted molar refractivity (Wildman–Crippen MR) is 59.2 cm³/mol. The molecular formula is C11H7BrF3N. The summed E-state index contributed by atoms with van der Waals surface area (Å²) < 4.78 is 39.0. The van der Waals surface area contributed by atoms with E-state index in [2.05, 4.69) is 20.9 Å². The first-order valence-corrected chi connectivity index (χ1v) is 5.31. The summed E-state index contributed by atoms with van der Waals surface area (Å²) >= 11 is 3.16. The highest BCUT2D eigenvalue weighted by atomic mass is 79.9. The van der Waals surface area contributed by atoms with Crippen LogP contribution in [0.4, 0.5) is 13.2 Å². The monoisotopic (exact) mass is 289 g/mol. The molecule has 0 unspecified atom stereocenters. The molecule has 0 amide bonds. The molecule has 0 spiro atoms. The van der Waals surface area contributed by atoms with E-state index in [-0.39, 0.29) is 5.39 Å². The Bertz CT molecular complexity index is 549. The second-order valence-electron chi connectivity index (χ2n) is 3.47. The number of nitrogens with zero attached hydrogens (tertiary/aromatic N) is 1. The lowest BCUT2D eigenvalue weighted by Crippen LogP contribution is -2.07. The minimum atomic E-state index is -4.35. The number of pyridine rings is 1. The number of benzene rings is 1. The summed E-state index contributed by atoms with van der Waals surface area (Å²) in [4.78, 5) is 4.07. The van der Waals surface area contributed by atoms with Crippen molar-refractivity contribution < 1.29 is 13.2 Å². The van der Waals surface area contributed by atoms with Gasteiger partial charge in [-0.25, -0.2) is 0 Å². The Morgan fingerprint density at radius 3 is 2.50 bits per heavy atom. The molecule has 2 rings (SSSR count). The zero-order valence-corrected chi connectivity index (χ0v) is 9.85. The summed E-state index contributed by atoms with van der Waals surface area (Å²) in [5.41, 5.74) is 0.0778. The summed E-state index contributed by atoms with van der Waals surface area (Å²) in [6.07, 6.45) is -4.35. The van der Waals surface area contributed by atoms with Gasteiger partial charge in [0, 0.05) is 15.6 Å². The molecule has 0 aliphatic carbocycles. The normalized spacial score (nSPS) is 12.1. The van der Waals surface area contributed by atoms with Crippen molar-refractivity contribution in [2.24, 2.45) is 0 Å². The molecule has 0 saturated heterocycles. The van der Waals surface area contributed by atoms with E-state index >= 15 is 0 Å². The van der Waals surface area contributed by atoms with Gasteiger partial charge in [-0.1, -0.05) is 15.9 Å². The largest absolute Gasteiger partial charge is 0.417 e. The number of hydrogen-bond donors (Lipinski definition) is 0. The van der Waals surface area contributed by atoms with E-state index in [9.17, 15) is 13.2 Å². The number of rotatable bonds is 0. The first-order chi connectivity index (χ1) is 7.38. The molecule has 0 fully saturated rings. The number of aromatic nitrogens is 1. The summed E-state index contributed by atoms with van der Waals surface area (Å²) in [5.74, 6) is 0. The third kappa shape index (κ3) is 2.04. The highest BCUT2D eigenvalue weighted by Gasteiger charge is 2.33. The minimum absolute atomic E-state index is 0.118. The second-order valence-corrected chi connectivity index (χ2v) is 4.39. The van der Waals surface area contributed by atoms with Crippen molar-refractivity contribution in [3.05, 3.63) is 40.0 Å². The molecule has 1 heterocycles. The number of halogens is 4. The van der Waals surface area contributed by atoms with Gasteiger partial charge in [0.05, 0.1) is 11.1 Å². The van der Waals surface area contributed by atoms with Gasteiger partial charge in [0.1, 0.15) is 0 Å². The van der Waals surface area contributed by atoms with Gasteiger partial charge < -0.3 is 0 Å². The minimum Gasteiger partial charge on any atom is -0.253 e. The van der Waals surface area contributed by atoms with E-state index in [1.54, 1.807) is 19.1 Å². The lowest BCUT2D eigenvalue weighted by molar-refractivity contribution is -0.136. The first-order valence-electron chi connectivity index (χ1n) is 4.52. The quantitative estimate of drug-likeness (QED) is 0.704. The Balaban J connectivity index is 2.85. The third-order valence-corrected chi connectivity index (χ3v) is 2.70. The average molecular weight is 290 g/mol. The molecule has 1 nitrogen and oxygen atoms in total. The lowest BCUT2D eigenvalue weighted by Gasteiger charge is -2.11. The zero-order chi connectivity index (χ0) is 11.9. The fourth-order valence-electron chi connectivity index (χ4n) is 1.56. The van der Waals surface area contributed by atoms with Crippen LogP contribution in [0.5, 0.6) is 0 Å². The fourth-order valence-corrected chi connectivity index (χ4v) is 1.93. The Labute approximate surface area is 98.4 Å². The fraction of sp³-hybridized carbons (Fsp3) is 0.182. The van der Waals surface area contributed by atoms with Gasteiger partial charge in [-0.05, 0) is 31.2 Å². The first kappa shape index (κ1) is 11.4. The van der Waals surface area contributed by atoms with Crippen molar-refractivity contribution in [3.8, 4) is 0 Å². The topological polar surface area (TPSA) is 12.9 Å². The number of hydrogen-bond acceptors (Lipinski definition) is 1. The van der Waals surface area contributed by atoms with E-state index in [1.165, 1.54) is 6.07 Å². The highest BCUT2D eigenvalue weighted by molar-refractivity contribution is 9.10. The molecule has 2 aromatic rings. The SMILES string of the molecule is Cc1cc(C(F)(F)F)c2cc(Br)ccc2n1. The van der Waals surface area contributed by atoms with Gasteiger partial charge >= 0.3 is 6.18 Å². The Morgan fingerprint density at radius 1 is 1.19 bits per heavy atom. The van der Waals surface area contributed by atoms with E-state index < -0.39 is 11.7 Å². The van der Waals surface area contributed by atoms with Crippen LogP contribution in [0.3, 0.4) is 0 Å². The summed E-state index contributed by atoms with van der Waals surface area (Å²) in [7, 11) is 0. The van der Waals surface area contributed by atoms with Crippen LogP contribution in [0.25, 0.3) is 10.9 Å². The predicted octanol–water partition coefficient (Wildman–Crippen LogP) is 4.32. The number of alkyl halides is 3. The van der Waals surface area contributed by atoms with Gasteiger partial charge in [-0.2, -0.15) is 13.2 Å². The molecule has 1 aromatic carbocycles. The van der Waals surface area contributed by atoms with Crippen LogP contribution in [-0.2, 0) is 6.18 Å². The van der Waals surface area contributed by atoms with Crippen LogP contribution in [0.15, 0.2) is 28.7 Å². The van der Waals surface area contributed by atoms with Crippen LogP contribution in [-0.4, -0.2) is 4.98 Å². The number of fused-ring (bicyclic) bond motifs is 1. The van der Waals surface area contributed by atoms with Gasteiger partial charge in [-0.15, -0.1) is 0 Å². The van der Waals surface area contributed by atoms with E-state index in [0.717, 1.165) is 6.07 Å². The molecular weight excluding hydrogens is 283 g/mol. The molecule has 84 valence electrons. The van der Waals surface area contributed by atoms with Crippen LogP contribution < -0.4 is 0 Å². The van der Waals surface area contributed by atoms with Crippen LogP contribution in [0, 0.1) is 6.92 Å². The maximum atomic E-state index is 12.8. The zero-order valence-electron chi connectivity index (χ0n) is 8.27. The van der Waals surface area contributed by atoms with Crippen molar-refractivity contribution in [3.63, 3.8) is 0 Å². The molecule has 0 bridgehead atoms. The summed E-state index contributed by atoms with van der Waals surface area (Å²) in [6, 6.07) is 5.75. The van der Waals surface area contributed by atoms with Crippen molar-refractivity contribution in [2.75, 3.05) is 0 Å². The van der Waals surface area contributed by atoms with E-state index in [1.807, 2.05) is 0 Å². The molecule has 0 atom stereocenters. The molecule has 5 heteroatoms. The second kappa shape index (κ2) is 3.73. The van der Waals surface area contributed by atoms with Crippen LogP contribution >= 0.6 is 15.9 Å². The lowest BCUT2D eigenvalue weighted by atomic mass is 10.1. The maximum Gasteiger partial charge on any atom is 0.417 e. The molecule has 0 aliphatic heterocycles. The van der Waals surface area contributed by atoms with Gasteiger partial charge in [-0.3, -0.25) is 4.98 Å². The standard InChI is InChI=1S/C11H7BrF3N/c1-6-4-9(11(13,14)15)8-5-7(12)2-3-10(8)16-6/h2-5H,1H3. The highest BCUT2D eigenvalue weighted by Crippen LogP contribution is 2.35. The number of aryl methyl sites for hydroxylation is 1. The van der Waals surface area contributed by atoms with Crippen molar-refractivity contribution >= 4 is 26.8 Å². The Hall–Kier alpha value is -1.10. The maximum absolute atomic E-state index is 12.8. The van der Waals surface area contributed by atoms with Crippen molar-refractivity contribution in [2.45, 2.75) is 13.1 Å². The molecule has 0 radical (unpaired) electrons. The van der Waals surface area contributed by atoms with Gasteiger partial charge in [0.25, 0.3) is 0 Å². The van der Waals surface area contributed by atoms with Crippen LogP contribution in [0.2, 0.25) is 0 Å². The van der Waals surface area contributed by atoms with Crippen molar-refractivity contribution in [1.82, 2.24) is 4.98 Å². The van der Waals surface area contributed by atoms with Crippen molar-refractivity contribution in [1.29, 1.82) is 0 Å². The average Bonchev–Trinajstić information content (AvgIpc) is 2.16. The van der Waals surface area contributed by atoms with Crippen LogP contribution in [0.1, 0.15) is 11.3 Å².